The number of pyridine rings is 2. The lowest BCUT2D eigenvalue weighted by molar-refractivity contribution is 0.102. The first-order chi connectivity index (χ1) is 21.9. The van der Waals surface area contributed by atoms with E-state index in [1.165, 1.54) is 18.1 Å². The molecule has 2 aromatic carbocycles. The molecule has 0 aliphatic rings. The van der Waals surface area contributed by atoms with Crippen molar-refractivity contribution >= 4 is 109 Å². The minimum absolute atomic E-state index is 0.239. The predicted molar refractivity (Wildman–Crippen MR) is 187 cm³/mol. The Kier molecular flexibility index (Phi) is 10.9. The zero-order chi connectivity index (χ0) is 32.8. The molecule has 10 nitrogen and oxygen atoms in total. The fourth-order valence-electron chi connectivity index (χ4n) is 4.04. The number of halogens is 4. The van der Waals surface area contributed by atoms with Gasteiger partial charge in [0.05, 0.1) is 11.1 Å². The molecule has 236 valence electrons. The Hall–Kier alpha value is -3.68. The molecule has 0 radical (unpaired) electrons. The molecule has 5 aromatic rings. The molecule has 3 aromatic heterocycles. The molecule has 0 saturated carbocycles. The van der Waals surface area contributed by atoms with Crippen LogP contribution < -0.4 is 16.0 Å². The highest BCUT2D eigenvalue weighted by Crippen LogP contribution is 2.37. The maximum Gasteiger partial charge on any atom is 0.411 e. The van der Waals surface area contributed by atoms with Crippen LogP contribution in [0.15, 0.2) is 93.5 Å². The number of rotatable bonds is 9. The van der Waals surface area contributed by atoms with E-state index < -0.39 is 16.5 Å². The van der Waals surface area contributed by atoms with Gasteiger partial charge in [-0.3, -0.25) is 10.1 Å². The fraction of sp³-hybridized carbons (Fsp3) is 0.161. The Morgan fingerprint density at radius 1 is 0.957 bits per heavy atom. The van der Waals surface area contributed by atoms with Crippen LogP contribution in [0.4, 0.5) is 27.8 Å². The third kappa shape index (κ3) is 9.20. The summed E-state index contributed by atoms with van der Waals surface area (Å²) >= 11 is 21.7. The maximum absolute atomic E-state index is 13.2. The van der Waals surface area contributed by atoms with Gasteiger partial charge in [-0.15, -0.1) is 0 Å². The van der Waals surface area contributed by atoms with Crippen molar-refractivity contribution in [2.45, 2.75) is 33.3 Å². The summed E-state index contributed by atoms with van der Waals surface area (Å²) in [5.74, 6) is 0.861. The van der Waals surface area contributed by atoms with Crippen LogP contribution in [0, 0.1) is 0 Å². The smallest absolute Gasteiger partial charge is 0.411 e. The van der Waals surface area contributed by atoms with Gasteiger partial charge >= 0.3 is 6.09 Å². The van der Waals surface area contributed by atoms with E-state index in [9.17, 15) is 9.59 Å². The monoisotopic (exact) mass is 759 g/mol. The molecule has 0 unspecified atom stereocenters. The van der Waals surface area contributed by atoms with Crippen molar-refractivity contribution in [3.05, 3.63) is 95.0 Å². The molecule has 3 heterocycles. The molecule has 0 aliphatic heterocycles. The number of ether oxygens (including phenoxy) is 1. The van der Waals surface area contributed by atoms with Gasteiger partial charge in [-0.05, 0) is 88.6 Å². The molecule has 0 atom stereocenters. The Bertz CT molecular complexity index is 1880. The summed E-state index contributed by atoms with van der Waals surface area (Å²) in [6, 6.07) is 19.8. The van der Waals surface area contributed by atoms with Crippen molar-refractivity contribution in [1.82, 2.24) is 19.9 Å². The molecular formula is C31H25BrCl3N7O3S. The summed E-state index contributed by atoms with van der Waals surface area (Å²) in [6.45, 7) is 3.75. The minimum Gasteiger partial charge on any atom is -0.445 e. The zero-order valence-electron chi connectivity index (χ0n) is 24.2. The van der Waals surface area contributed by atoms with Gasteiger partial charge in [0.2, 0.25) is 3.79 Å². The SMILES string of the molecule is CC(C)c1ccc2c(Nc3cc(C(=O)Nc4ccc(Br)cn4)ccc3Sc3ccc(NC(=O)OCC(Cl)(Cl)Cl)cc3)ncnc2n1. The lowest BCUT2D eigenvalue weighted by Gasteiger charge is -2.15. The van der Waals surface area contributed by atoms with Gasteiger partial charge < -0.3 is 15.4 Å². The number of hydrogen-bond acceptors (Lipinski definition) is 9. The number of alkyl halides is 3. The number of amides is 2. The van der Waals surface area contributed by atoms with Crippen LogP contribution in [0.2, 0.25) is 0 Å². The highest BCUT2D eigenvalue weighted by Gasteiger charge is 2.22. The number of fused-ring (bicyclic) bond motifs is 1. The lowest BCUT2D eigenvalue weighted by atomic mass is 10.1. The quantitative estimate of drug-likeness (QED) is 0.126. The number of benzene rings is 2. The predicted octanol–water partition coefficient (Wildman–Crippen LogP) is 9.37. The zero-order valence-corrected chi connectivity index (χ0v) is 28.9. The van der Waals surface area contributed by atoms with Crippen LogP contribution in [0.3, 0.4) is 0 Å². The number of hydrogen-bond donors (Lipinski definition) is 3. The number of anilines is 4. The first kappa shape index (κ1) is 33.7. The number of carbonyl (C=O) groups excluding carboxylic acids is 2. The van der Waals surface area contributed by atoms with Crippen LogP contribution in [-0.4, -0.2) is 42.3 Å². The van der Waals surface area contributed by atoms with Crippen molar-refractivity contribution in [2.75, 3.05) is 22.6 Å². The summed E-state index contributed by atoms with van der Waals surface area (Å²) in [7, 11) is 0. The summed E-state index contributed by atoms with van der Waals surface area (Å²) < 4.78 is 4.01. The van der Waals surface area contributed by atoms with Crippen molar-refractivity contribution in [1.29, 1.82) is 0 Å². The van der Waals surface area contributed by atoms with Crippen molar-refractivity contribution in [2.24, 2.45) is 0 Å². The van der Waals surface area contributed by atoms with Gasteiger partial charge in [0.1, 0.15) is 24.6 Å². The highest BCUT2D eigenvalue weighted by atomic mass is 79.9. The second kappa shape index (κ2) is 14.8. The first-order valence-corrected chi connectivity index (χ1v) is 16.4. The van der Waals surface area contributed by atoms with Crippen molar-refractivity contribution in [3.63, 3.8) is 0 Å². The average molecular weight is 762 g/mol. The van der Waals surface area contributed by atoms with E-state index in [0.29, 0.717) is 34.2 Å². The molecule has 0 saturated heterocycles. The third-order valence-corrected chi connectivity index (χ3v) is 8.15. The molecule has 0 bridgehead atoms. The van der Waals surface area contributed by atoms with E-state index in [-0.39, 0.29) is 11.8 Å². The topological polar surface area (TPSA) is 131 Å². The second-order valence-electron chi connectivity index (χ2n) is 10.1. The number of aromatic nitrogens is 4. The largest absolute Gasteiger partial charge is 0.445 e. The first-order valence-electron chi connectivity index (χ1n) is 13.7. The summed E-state index contributed by atoms with van der Waals surface area (Å²) in [5, 5.41) is 9.54. The van der Waals surface area contributed by atoms with Crippen molar-refractivity contribution in [3.8, 4) is 0 Å². The number of carbonyl (C=O) groups is 2. The van der Waals surface area contributed by atoms with E-state index in [2.05, 4.69) is 65.7 Å². The molecule has 5 rings (SSSR count). The van der Waals surface area contributed by atoms with Crippen LogP contribution in [-0.2, 0) is 4.74 Å². The molecule has 0 fully saturated rings. The standard InChI is InChI=1S/C31H25BrCl3N7O3S/c1-17(2)23-10-9-22-27(40-23)37-16-38-28(22)41-24-13-18(29(43)42-26-12-4-19(32)14-36-26)3-11-25(24)46-21-7-5-20(6-8-21)39-30(44)45-15-31(33,34)35/h3-14,16-17H,15H2,1-2H3,(H,39,44)(H,36,42,43)(H,37,38,40,41). The highest BCUT2D eigenvalue weighted by molar-refractivity contribution is 9.10. The van der Waals surface area contributed by atoms with E-state index in [4.69, 9.17) is 39.5 Å². The fourth-order valence-corrected chi connectivity index (χ4v) is 5.32. The van der Waals surface area contributed by atoms with E-state index in [1.54, 1.807) is 42.6 Å². The molecule has 15 heteroatoms. The Balaban J connectivity index is 1.41. The summed E-state index contributed by atoms with van der Waals surface area (Å²) in [5.41, 5.74) is 3.01. The Morgan fingerprint density at radius 3 is 2.43 bits per heavy atom. The van der Waals surface area contributed by atoms with Crippen LogP contribution in [0.1, 0.15) is 35.8 Å². The van der Waals surface area contributed by atoms with Gasteiger partial charge in [0, 0.05) is 37.4 Å². The second-order valence-corrected chi connectivity index (χ2v) is 14.6. The normalized spacial score (nSPS) is 11.4. The van der Waals surface area contributed by atoms with Gasteiger partial charge in [0.15, 0.2) is 5.65 Å². The van der Waals surface area contributed by atoms with Crippen LogP contribution in [0.25, 0.3) is 11.0 Å². The summed E-state index contributed by atoms with van der Waals surface area (Å²) in [6.07, 6.45) is 2.31. The van der Waals surface area contributed by atoms with Gasteiger partial charge in [-0.1, -0.05) is 60.4 Å². The molecule has 0 spiro atoms. The molecule has 2 amide bonds. The molecule has 3 N–H and O–H groups in total. The number of nitrogens with one attached hydrogen (secondary N) is 3. The Labute approximate surface area is 292 Å². The van der Waals surface area contributed by atoms with Crippen LogP contribution in [0.5, 0.6) is 0 Å². The van der Waals surface area contributed by atoms with Gasteiger partial charge in [0.25, 0.3) is 5.91 Å². The number of nitrogens with zero attached hydrogens (tertiary/aromatic N) is 4. The van der Waals surface area contributed by atoms with Crippen molar-refractivity contribution < 1.29 is 14.3 Å². The summed E-state index contributed by atoms with van der Waals surface area (Å²) in [4.78, 5) is 44.7. The third-order valence-electron chi connectivity index (χ3n) is 6.27. The molecular weight excluding hydrogens is 737 g/mol. The molecule has 0 aliphatic carbocycles. The van der Waals surface area contributed by atoms with Gasteiger partial charge in [-0.2, -0.15) is 0 Å². The molecule has 46 heavy (non-hydrogen) atoms. The minimum atomic E-state index is -1.71. The van der Waals surface area contributed by atoms with Gasteiger partial charge in [-0.25, -0.2) is 24.7 Å². The van der Waals surface area contributed by atoms with Crippen LogP contribution >= 0.6 is 62.5 Å². The average Bonchev–Trinajstić information content (AvgIpc) is 3.02. The van der Waals surface area contributed by atoms with E-state index in [0.717, 1.165) is 25.3 Å². The van der Waals surface area contributed by atoms with E-state index in [1.807, 2.05) is 30.3 Å². The maximum atomic E-state index is 13.2. The lowest BCUT2D eigenvalue weighted by Crippen LogP contribution is -2.21. The Morgan fingerprint density at radius 2 is 1.74 bits per heavy atom. The van der Waals surface area contributed by atoms with E-state index >= 15 is 0 Å².